The summed E-state index contributed by atoms with van der Waals surface area (Å²) in [6.07, 6.45) is -3.98. The van der Waals surface area contributed by atoms with Gasteiger partial charge in [-0.15, -0.1) is 0 Å². The van der Waals surface area contributed by atoms with E-state index < -0.39 is 27.8 Å². The van der Waals surface area contributed by atoms with Crippen LogP contribution in [-0.2, 0) is 29.2 Å². The van der Waals surface area contributed by atoms with Gasteiger partial charge in [-0.25, -0.2) is 17.5 Å². The molecule has 30 heavy (non-hydrogen) atoms. The van der Waals surface area contributed by atoms with E-state index >= 15 is 0 Å². The number of carbonyl (C=O) groups is 1. The van der Waals surface area contributed by atoms with Gasteiger partial charge in [-0.1, -0.05) is 12.1 Å². The molecule has 3 rings (SSSR count). The first-order chi connectivity index (χ1) is 13.9. The number of benzene rings is 2. The van der Waals surface area contributed by atoms with Crippen molar-refractivity contribution < 1.29 is 26.4 Å². The first-order valence-electron chi connectivity index (χ1n) is 9.20. The van der Waals surface area contributed by atoms with Gasteiger partial charge in [-0.3, -0.25) is 4.90 Å². The van der Waals surface area contributed by atoms with Crippen molar-refractivity contribution in [2.45, 2.75) is 37.0 Å². The third-order valence-corrected chi connectivity index (χ3v) is 6.77. The highest BCUT2D eigenvalue weighted by molar-refractivity contribution is 7.89. The van der Waals surface area contributed by atoms with E-state index in [1.807, 2.05) is 6.92 Å². The van der Waals surface area contributed by atoms with Gasteiger partial charge in [-0.05, 0) is 54.8 Å². The SMILES string of the molecule is CC1Cc2cc(S(=O)(=O)N(C)C)ccc2N1C(=O)NCc1cccc(C(F)(F)F)c1. The van der Waals surface area contributed by atoms with E-state index in [0.29, 0.717) is 17.7 Å². The zero-order valence-electron chi connectivity index (χ0n) is 16.7. The summed E-state index contributed by atoms with van der Waals surface area (Å²) in [6.45, 7) is 1.76. The Hall–Kier alpha value is -2.59. The second-order valence-corrected chi connectivity index (χ2v) is 9.51. The van der Waals surface area contributed by atoms with Crippen LogP contribution in [0.2, 0.25) is 0 Å². The maximum Gasteiger partial charge on any atom is 0.416 e. The highest BCUT2D eigenvalue weighted by Gasteiger charge is 2.33. The summed E-state index contributed by atoms with van der Waals surface area (Å²) in [7, 11) is -0.707. The summed E-state index contributed by atoms with van der Waals surface area (Å²) in [6, 6.07) is 8.68. The highest BCUT2D eigenvalue weighted by Crippen LogP contribution is 2.34. The molecule has 0 aromatic heterocycles. The topological polar surface area (TPSA) is 69.7 Å². The van der Waals surface area contributed by atoms with Crippen molar-refractivity contribution in [1.29, 1.82) is 0 Å². The number of rotatable bonds is 4. The molecule has 10 heteroatoms. The van der Waals surface area contributed by atoms with E-state index in [2.05, 4.69) is 5.32 Å². The first-order valence-corrected chi connectivity index (χ1v) is 10.6. The van der Waals surface area contributed by atoms with Gasteiger partial charge in [0.2, 0.25) is 10.0 Å². The molecule has 2 aromatic rings. The monoisotopic (exact) mass is 441 g/mol. The average molecular weight is 441 g/mol. The number of alkyl halides is 3. The summed E-state index contributed by atoms with van der Waals surface area (Å²) in [4.78, 5) is 14.4. The summed E-state index contributed by atoms with van der Waals surface area (Å²) in [5.41, 5.74) is 0.864. The molecular weight excluding hydrogens is 419 g/mol. The number of sulfonamides is 1. The summed E-state index contributed by atoms with van der Waals surface area (Å²) in [5, 5.41) is 2.65. The minimum Gasteiger partial charge on any atom is -0.334 e. The van der Waals surface area contributed by atoms with Gasteiger partial charge in [-0.2, -0.15) is 13.2 Å². The summed E-state index contributed by atoms with van der Waals surface area (Å²) in [5.74, 6) is 0. The Balaban J connectivity index is 1.77. The molecule has 2 aromatic carbocycles. The number of halogens is 3. The quantitative estimate of drug-likeness (QED) is 0.788. The fourth-order valence-corrected chi connectivity index (χ4v) is 4.36. The van der Waals surface area contributed by atoms with Crippen LogP contribution in [0.1, 0.15) is 23.6 Å². The van der Waals surface area contributed by atoms with Crippen LogP contribution in [0, 0.1) is 0 Å². The average Bonchev–Trinajstić information content (AvgIpc) is 3.00. The zero-order valence-corrected chi connectivity index (χ0v) is 17.5. The lowest BCUT2D eigenvalue weighted by atomic mass is 10.1. The molecule has 0 saturated heterocycles. The third kappa shape index (κ3) is 4.29. The number of urea groups is 1. The van der Waals surface area contributed by atoms with Crippen molar-refractivity contribution in [2.24, 2.45) is 0 Å². The number of anilines is 1. The molecule has 2 amide bonds. The van der Waals surface area contributed by atoms with Crippen molar-refractivity contribution in [3.8, 4) is 0 Å². The number of fused-ring (bicyclic) bond motifs is 1. The number of nitrogens with zero attached hydrogens (tertiary/aromatic N) is 2. The molecule has 0 saturated carbocycles. The first kappa shape index (κ1) is 22.1. The lowest BCUT2D eigenvalue weighted by Crippen LogP contribution is -2.43. The Morgan fingerprint density at radius 2 is 1.90 bits per heavy atom. The molecule has 0 bridgehead atoms. The van der Waals surface area contributed by atoms with E-state index in [-0.39, 0.29) is 17.5 Å². The maximum atomic E-state index is 12.9. The van der Waals surface area contributed by atoms with Crippen molar-refractivity contribution in [2.75, 3.05) is 19.0 Å². The van der Waals surface area contributed by atoms with E-state index in [1.165, 1.54) is 37.2 Å². The molecule has 0 aliphatic carbocycles. The Bertz CT molecular complexity index is 1070. The Kier molecular flexibility index (Phi) is 5.83. The fraction of sp³-hybridized carbons (Fsp3) is 0.350. The van der Waals surface area contributed by atoms with Gasteiger partial charge in [0.25, 0.3) is 0 Å². The predicted octanol–water partition coefficient (Wildman–Crippen LogP) is 3.62. The third-order valence-electron chi connectivity index (χ3n) is 4.96. The summed E-state index contributed by atoms with van der Waals surface area (Å²) >= 11 is 0. The molecule has 1 aliphatic rings. The normalized spacial score (nSPS) is 16.6. The molecule has 0 fully saturated rings. The zero-order chi connectivity index (χ0) is 22.3. The molecule has 0 spiro atoms. The van der Waals surface area contributed by atoms with E-state index in [4.69, 9.17) is 0 Å². The molecule has 1 atom stereocenters. The van der Waals surface area contributed by atoms with Crippen molar-refractivity contribution in [3.63, 3.8) is 0 Å². The van der Waals surface area contributed by atoms with Gasteiger partial charge >= 0.3 is 12.2 Å². The smallest absolute Gasteiger partial charge is 0.334 e. The van der Waals surface area contributed by atoms with Crippen LogP contribution in [0.3, 0.4) is 0 Å². The number of amides is 2. The highest BCUT2D eigenvalue weighted by atomic mass is 32.2. The Labute approximate surface area is 173 Å². The molecule has 1 aliphatic heterocycles. The van der Waals surface area contributed by atoms with Crippen molar-refractivity contribution >= 4 is 21.7 Å². The fourth-order valence-electron chi connectivity index (χ4n) is 3.41. The standard InChI is InChI=1S/C20H22F3N3O3S/c1-13-9-15-11-17(30(28,29)25(2)3)7-8-18(15)26(13)19(27)24-12-14-5-4-6-16(10-14)20(21,22)23/h4-8,10-11,13H,9,12H2,1-3H3,(H,24,27). The van der Waals surface area contributed by atoms with Crippen LogP contribution < -0.4 is 10.2 Å². The van der Waals surface area contributed by atoms with Gasteiger partial charge in [0.1, 0.15) is 0 Å². The summed E-state index contributed by atoms with van der Waals surface area (Å²) < 4.78 is 64.4. The molecule has 0 radical (unpaired) electrons. The van der Waals surface area contributed by atoms with Gasteiger partial charge < -0.3 is 5.32 Å². The van der Waals surface area contributed by atoms with Crippen LogP contribution in [-0.4, -0.2) is 38.9 Å². The number of nitrogens with one attached hydrogen (secondary N) is 1. The number of carbonyl (C=O) groups excluding carboxylic acids is 1. The number of hydrogen-bond donors (Lipinski definition) is 1. The van der Waals surface area contributed by atoms with Gasteiger partial charge in [0, 0.05) is 32.4 Å². The van der Waals surface area contributed by atoms with Gasteiger partial charge in [0.05, 0.1) is 10.5 Å². The molecule has 1 unspecified atom stereocenters. The second kappa shape index (κ2) is 7.92. The van der Waals surface area contributed by atoms with Crippen molar-refractivity contribution in [1.82, 2.24) is 9.62 Å². The van der Waals surface area contributed by atoms with Crippen LogP contribution in [0.5, 0.6) is 0 Å². The molecule has 6 nitrogen and oxygen atoms in total. The van der Waals surface area contributed by atoms with Crippen LogP contribution in [0.15, 0.2) is 47.4 Å². The largest absolute Gasteiger partial charge is 0.416 e. The van der Waals surface area contributed by atoms with Crippen LogP contribution >= 0.6 is 0 Å². The van der Waals surface area contributed by atoms with Gasteiger partial charge in [0.15, 0.2) is 0 Å². The second-order valence-electron chi connectivity index (χ2n) is 7.36. The van der Waals surface area contributed by atoms with Crippen molar-refractivity contribution in [3.05, 3.63) is 59.2 Å². The Morgan fingerprint density at radius 1 is 1.20 bits per heavy atom. The Morgan fingerprint density at radius 3 is 2.53 bits per heavy atom. The van der Waals surface area contributed by atoms with E-state index in [0.717, 1.165) is 22.0 Å². The number of hydrogen-bond acceptors (Lipinski definition) is 3. The molecule has 162 valence electrons. The van der Waals surface area contributed by atoms with Crippen LogP contribution in [0.4, 0.5) is 23.7 Å². The maximum absolute atomic E-state index is 12.9. The molecule has 1 heterocycles. The van der Waals surface area contributed by atoms with E-state index in [9.17, 15) is 26.4 Å². The van der Waals surface area contributed by atoms with E-state index in [1.54, 1.807) is 12.1 Å². The lowest BCUT2D eigenvalue weighted by molar-refractivity contribution is -0.137. The lowest BCUT2D eigenvalue weighted by Gasteiger charge is -2.23. The molecule has 1 N–H and O–H groups in total. The molecular formula is C20H22F3N3O3S. The minimum atomic E-state index is -4.45. The minimum absolute atomic E-state index is 0.0611. The predicted molar refractivity (Wildman–Crippen MR) is 107 cm³/mol. The van der Waals surface area contributed by atoms with Crippen LogP contribution in [0.25, 0.3) is 0 Å².